The lowest BCUT2D eigenvalue weighted by Gasteiger charge is -2.35. The van der Waals surface area contributed by atoms with Crippen molar-refractivity contribution in [3.05, 3.63) is 12.4 Å². The average molecular weight is 462 g/mol. The van der Waals surface area contributed by atoms with Crippen LogP contribution in [0.25, 0.3) is 0 Å². The van der Waals surface area contributed by atoms with Crippen LogP contribution in [0.3, 0.4) is 0 Å². The van der Waals surface area contributed by atoms with E-state index in [4.69, 9.17) is 0 Å². The van der Waals surface area contributed by atoms with Crippen LogP contribution in [-0.2, 0) is 11.8 Å². The number of carbonyl (C=O) groups excluding carboxylic acids is 1. The van der Waals surface area contributed by atoms with Gasteiger partial charge in [-0.2, -0.15) is 5.10 Å². The fourth-order valence-electron chi connectivity index (χ4n) is 2.88. The molecule has 1 aliphatic heterocycles. The van der Waals surface area contributed by atoms with Gasteiger partial charge in [0.05, 0.1) is 11.9 Å². The van der Waals surface area contributed by atoms with Crippen LogP contribution < -0.4 is 10.2 Å². The van der Waals surface area contributed by atoms with Crippen LogP contribution in [0.15, 0.2) is 17.4 Å². The molecule has 2 heterocycles. The minimum Gasteiger partial charge on any atom is -0.356 e. The minimum absolute atomic E-state index is 0. The van der Waals surface area contributed by atoms with Crippen molar-refractivity contribution in [2.75, 3.05) is 38.1 Å². The molecule has 1 aromatic rings. The molecule has 1 amide bonds. The number of aromatic nitrogens is 2. The molecule has 0 unspecified atom stereocenters. The third-order valence-corrected chi connectivity index (χ3v) is 4.23. The van der Waals surface area contributed by atoms with Crippen LogP contribution in [0.5, 0.6) is 0 Å². The molecule has 2 rings (SSSR count). The molecule has 1 N–H and O–H groups in total. The van der Waals surface area contributed by atoms with Crippen molar-refractivity contribution in [3.8, 4) is 0 Å². The number of hydrogen-bond donors (Lipinski definition) is 1. The summed E-state index contributed by atoms with van der Waals surface area (Å²) in [5.41, 5.74) is 0.860. The Labute approximate surface area is 167 Å². The molecule has 0 saturated carbocycles. The summed E-state index contributed by atoms with van der Waals surface area (Å²) in [5.74, 6) is 1.65. The molecule has 1 fully saturated rings. The zero-order valence-electron chi connectivity index (χ0n) is 15.7. The van der Waals surface area contributed by atoms with Gasteiger partial charge in [0.1, 0.15) is 6.54 Å². The largest absolute Gasteiger partial charge is 0.356 e. The van der Waals surface area contributed by atoms with Gasteiger partial charge in [-0.1, -0.05) is 26.7 Å². The van der Waals surface area contributed by atoms with Crippen LogP contribution in [0.4, 0.5) is 5.69 Å². The third-order valence-electron chi connectivity index (χ3n) is 4.23. The molecule has 0 radical (unpaired) electrons. The van der Waals surface area contributed by atoms with Gasteiger partial charge in [-0.15, -0.1) is 24.0 Å². The summed E-state index contributed by atoms with van der Waals surface area (Å²) < 4.78 is 1.71. The number of hydrogen-bond acceptors (Lipinski definition) is 3. The summed E-state index contributed by atoms with van der Waals surface area (Å²) in [4.78, 5) is 20.6. The van der Waals surface area contributed by atoms with Crippen LogP contribution >= 0.6 is 24.0 Å². The van der Waals surface area contributed by atoms with Crippen LogP contribution in [0.2, 0.25) is 0 Å². The topological polar surface area (TPSA) is 65.8 Å². The van der Waals surface area contributed by atoms with E-state index in [9.17, 15) is 4.79 Å². The van der Waals surface area contributed by atoms with E-state index < -0.39 is 0 Å². The smallest absolute Gasteiger partial charge is 0.246 e. The van der Waals surface area contributed by atoms with Crippen molar-refractivity contribution in [3.63, 3.8) is 0 Å². The van der Waals surface area contributed by atoms with Gasteiger partial charge in [-0.05, 0) is 12.3 Å². The number of rotatable bonds is 6. The van der Waals surface area contributed by atoms with E-state index in [1.807, 2.05) is 18.1 Å². The van der Waals surface area contributed by atoms with Crippen molar-refractivity contribution in [2.45, 2.75) is 33.1 Å². The Morgan fingerprint density at radius 2 is 2.12 bits per heavy atom. The second-order valence-electron chi connectivity index (χ2n) is 6.70. The van der Waals surface area contributed by atoms with Crippen molar-refractivity contribution in [1.29, 1.82) is 0 Å². The molecule has 0 aliphatic carbocycles. The van der Waals surface area contributed by atoms with E-state index >= 15 is 0 Å². The molecule has 0 aromatic carbocycles. The predicted octanol–water partition coefficient (Wildman–Crippen LogP) is 2.09. The maximum Gasteiger partial charge on any atom is 0.246 e. The number of carbonyl (C=O) groups is 1. The number of anilines is 1. The normalized spacial score (nSPS) is 15.6. The van der Waals surface area contributed by atoms with Crippen molar-refractivity contribution in [1.82, 2.24) is 20.0 Å². The summed E-state index contributed by atoms with van der Waals surface area (Å²) in [7, 11) is 3.63. The summed E-state index contributed by atoms with van der Waals surface area (Å²) in [6.45, 7) is 7.17. The van der Waals surface area contributed by atoms with Gasteiger partial charge in [0, 0.05) is 39.9 Å². The lowest BCUT2D eigenvalue weighted by molar-refractivity contribution is -0.120. The molecule has 0 spiro atoms. The van der Waals surface area contributed by atoms with Gasteiger partial charge in [-0.3, -0.25) is 14.5 Å². The molecule has 0 atom stereocenters. The summed E-state index contributed by atoms with van der Waals surface area (Å²) in [6, 6.07) is 0. The van der Waals surface area contributed by atoms with Crippen LogP contribution in [0, 0.1) is 5.92 Å². The van der Waals surface area contributed by atoms with Crippen molar-refractivity contribution in [2.24, 2.45) is 18.0 Å². The molecule has 1 saturated heterocycles. The van der Waals surface area contributed by atoms with E-state index in [-0.39, 0.29) is 29.9 Å². The minimum atomic E-state index is 0. The maximum atomic E-state index is 12.5. The van der Waals surface area contributed by atoms with Crippen molar-refractivity contribution >= 4 is 41.5 Å². The standard InChI is InChI=1S/C17H30N6O.HI/c1-14(2)7-5-6-8-19-17(18-3)22-9-10-23(16(24)13-22)15-11-20-21(4)12-15;/h11-12,14H,5-10,13H2,1-4H3,(H,18,19);1H. The average Bonchev–Trinajstić information content (AvgIpc) is 2.96. The highest BCUT2D eigenvalue weighted by atomic mass is 127. The summed E-state index contributed by atoms with van der Waals surface area (Å²) >= 11 is 0. The molecule has 8 heteroatoms. The number of aryl methyl sites for hydroxylation is 1. The highest BCUT2D eigenvalue weighted by Crippen LogP contribution is 2.16. The lowest BCUT2D eigenvalue weighted by atomic mass is 10.1. The Hall–Kier alpha value is -1.32. The van der Waals surface area contributed by atoms with Gasteiger partial charge in [0.2, 0.25) is 5.91 Å². The van der Waals surface area contributed by atoms with Crippen molar-refractivity contribution < 1.29 is 4.79 Å². The molecular weight excluding hydrogens is 431 g/mol. The van der Waals surface area contributed by atoms with Gasteiger partial charge < -0.3 is 15.1 Å². The van der Waals surface area contributed by atoms with Gasteiger partial charge in [0.15, 0.2) is 5.96 Å². The second kappa shape index (κ2) is 10.6. The SMILES string of the molecule is CN=C(NCCCCC(C)C)N1CCN(c2cnn(C)c2)C(=O)C1.I. The first-order valence-corrected chi connectivity index (χ1v) is 8.76. The number of guanidine groups is 1. The molecule has 1 aromatic heterocycles. The number of piperazine rings is 1. The van der Waals surface area contributed by atoms with Gasteiger partial charge >= 0.3 is 0 Å². The fraction of sp³-hybridized carbons (Fsp3) is 0.706. The second-order valence-corrected chi connectivity index (χ2v) is 6.70. The zero-order valence-corrected chi connectivity index (χ0v) is 18.1. The Kier molecular flexibility index (Phi) is 9.23. The molecule has 7 nitrogen and oxygen atoms in total. The number of halogens is 1. The lowest BCUT2D eigenvalue weighted by Crippen LogP contribution is -2.55. The maximum absolute atomic E-state index is 12.5. The zero-order chi connectivity index (χ0) is 17.5. The molecular formula is C17H31IN6O. The summed E-state index contributed by atoms with van der Waals surface area (Å²) in [5, 5.41) is 7.52. The Bertz CT molecular complexity index is 571. The molecule has 1 aliphatic rings. The van der Waals surface area contributed by atoms with E-state index in [0.29, 0.717) is 13.1 Å². The number of nitrogens with zero attached hydrogens (tertiary/aromatic N) is 5. The number of amides is 1. The molecule has 25 heavy (non-hydrogen) atoms. The first-order chi connectivity index (χ1) is 11.5. The van der Waals surface area contributed by atoms with E-state index in [1.54, 1.807) is 22.8 Å². The highest BCUT2D eigenvalue weighted by molar-refractivity contribution is 14.0. The Balaban J connectivity index is 0.00000312. The van der Waals surface area contributed by atoms with Gasteiger partial charge in [-0.25, -0.2) is 0 Å². The first kappa shape index (κ1) is 21.7. The molecule has 142 valence electrons. The monoisotopic (exact) mass is 462 g/mol. The van der Waals surface area contributed by atoms with Crippen LogP contribution in [0.1, 0.15) is 33.1 Å². The number of unbranched alkanes of at least 4 members (excludes halogenated alkanes) is 1. The van der Waals surface area contributed by atoms with Crippen LogP contribution in [-0.4, -0.2) is 59.8 Å². The van der Waals surface area contributed by atoms with E-state index in [1.165, 1.54) is 12.8 Å². The predicted molar refractivity (Wildman–Crippen MR) is 113 cm³/mol. The number of nitrogens with one attached hydrogen (secondary N) is 1. The third kappa shape index (κ3) is 6.48. The fourth-order valence-corrected chi connectivity index (χ4v) is 2.88. The number of aliphatic imine (C=N–C) groups is 1. The summed E-state index contributed by atoms with van der Waals surface area (Å²) in [6.07, 6.45) is 7.20. The molecule has 0 bridgehead atoms. The Morgan fingerprint density at radius 1 is 1.36 bits per heavy atom. The quantitative estimate of drug-likeness (QED) is 0.305. The van der Waals surface area contributed by atoms with E-state index in [2.05, 4.69) is 29.3 Å². The first-order valence-electron chi connectivity index (χ1n) is 8.76. The Morgan fingerprint density at radius 3 is 2.68 bits per heavy atom. The highest BCUT2D eigenvalue weighted by Gasteiger charge is 2.27. The van der Waals surface area contributed by atoms with E-state index in [0.717, 1.165) is 37.1 Å². The van der Waals surface area contributed by atoms with Gasteiger partial charge in [0.25, 0.3) is 0 Å².